The highest BCUT2D eigenvalue weighted by Crippen LogP contribution is 2.27. The third-order valence-electron chi connectivity index (χ3n) is 2.38. The van der Waals surface area contributed by atoms with Crippen molar-refractivity contribution >= 4 is 27.3 Å². The van der Waals surface area contributed by atoms with Crippen molar-refractivity contribution in [2.75, 3.05) is 11.1 Å². The van der Waals surface area contributed by atoms with Gasteiger partial charge in [-0.15, -0.1) is 0 Å². The first-order chi connectivity index (χ1) is 8.77. The van der Waals surface area contributed by atoms with Crippen LogP contribution in [0.2, 0.25) is 0 Å². The minimum absolute atomic E-state index is 0.749. The molecule has 2 aromatic rings. The number of nitrogens with two attached hydrogens (primary N) is 1. The van der Waals surface area contributed by atoms with Crippen LogP contribution in [0.4, 0.5) is 11.4 Å². The molecule has 0 aliphatic rings. The highest BCUT2D eigenvalue weighted by molar-refractivity contribution is 9.10. The van der Waals surface area contributed by atoms with E-state index in [0.29, 0.717) is 0 Å². The lowest BCUT2D eigenvalue weighted by molar-refractivity contribution is 1.15. The molecule has 0 aromatic heterocycles. The summed E-state index contributed by atoms with van der Waals surface area (Å²) in [5.41, 5.74) is 8.88. The number of nitrogens with one attached hydrogen (secondary N) is 1. The Hall–Kier alpha value is -1.48. The lowest BCUT2D eigenvalue weighted by Gasteiger charge is -2.10. The number of rotatable bonds is 3. The summed E-state index contributed by atoms with van der Waals surface area (Å²) < 4.78 is 0.922. The van der Waals surface area contributed by atoms with E-state index in [1.165, 1.54) is 5.56 Å². The second-order valence-electron chi connectivity index (χ2n) is 3.54. The highest BCUT2D eigenvalue weighted by Gasteiger charge is 2.01. The van der Waals surface area contributed by atoms with Crippen molar-refractivity contribution in [3.05, 3.63) is 58.6 Å². The zero-order valence-electron chi connectivity index (χ0n) is 10.8. The lowest BCUT2D eigenvalue weighted by Crippen LogP contribution is -2.02. The van der Waals surface area contributed by atoms with E-state index in [-0.39, 0.29) is 0 Å². The number of hydrogen-bond donors (Lipinski definition) is 2. The van der Waals surface area contributed by atoms with E-state index >= 15 is 0 Å². The Labute approximate surface area is 117 Å². The predicted octanol–water partition coefficient (Wildman–Crippen LogP) is 4.67. The molecule has 2 nitrogen and oxygen atoms in total. The highest BCUT2D eigenvalue weighted by atomic mass is 79.9. The smallest absolute Gasteiger partial charge is 0.0694 e. The molecule has 18 heavy (non-hydrogen) atoms. The fraction of sp³-hybridized carbons (Fsp3) is 0.200. The molecule has 0 aliphatic heterocycles. The van der Waals surface area contributed by atoms with Gasteiger partial charge in [-0.2, -0.15) is 0 Å². The summed E-state index contributed by atoms with van der Waals surface area (Å²) in [6, 6.07) is 16.1. The van der Waals surface area contributed by atoms with Crippen molar-refractivity contribution in [3.63, 3.8) is 0 Å². The molecule has 2 rings (SSSR count). The van der Waals surface area contributed by atoms with Crippen LogP contribution in [0.1, 0.15) is 19.4 Å². The molecule has 0 aliphatic carbocycles. The molecule has 0 atom stereocenters. The fourth-order valence-electron chi connectivity index (χ4n) is 1.48. The maximum absolute atomic E-state index is 5.94. The zero-order valence-corrected chi connectivity index (χ0v) is 12.4. The van der Waals surface area contributed by atoms with Crippen LogP contribution in [0.3, 0.4) is 0 Å². The van der Waals surface area contributed by atoms with Crippen molar-refractivity contribution in [1.29, 1.82) is 0 Å². The van der Waals surface area contributed by atoms with E-state index in [4.69, 9.17) is 5.73 Å². The van der Waals surface area contributed by atoms with Crippen molar-refractivity contribution in [1.82, 2.24) is 0 Å². The summed E-state index contributed by atoms with van der Waals surface area (Å²) in [6.07, 6.45) is 0. The molecule has 0 unspecified atom stereocenters. The molecule has 0 saturated carbocycles. The quantitative estimate of drug-likeness (QED) is 0.809. The number of halogens is 1. The van der Waals surface area contributed by atoms with E-state index in [2.05, 4.69) is 33.4 Å². The van der Waals surface area contributed by atoms with Crippen LogP contribution in [-0.2, 0) is 6.54 Å². The number of hydrogen-bond acceptors (Lipinski definition) is 2. The van der Waals surface area contributed by atoms with Crippen LogP contribution in [0.5, 0.6) is 0 Å². The van der Waals surface area contributed by atoms with Crippen molar-refractivity contribution < 1.29 is 0 Å². The Morgan fingerprint density at radius 3 is 2.33 bits per heavy atom. The summed E-state index contributed by atoms with van der Waals surface area (Å²) in [4.78, 5) is 0. The van der Waals surface area contributed by atoms with Gasteiger partial charge in [0.25, 0.3) is 0 Å². The van der Waals surface area contributed by atoms with Gasteiger partial charge in [0.1, 0.15) is 0 Å². The van der Waals surface area contributed by atoms with E-state index < -0.39 is 0 Å². The van der Waals surface area contributed by atoms with Gasteiger partial charge in [0.2, 0.25) is 0 Å². The fourth-order valence-corrected chi connectivity index (χ4v) is 1.85. The van der Waals surface area contributed by atoms with Crippen LogP contribution >= 0.6 is 15.9 Å². The Morgan fingerprint density at radius 1 is 1.00 bits per heavy atom. The van der Waals surface area contributed by atoms with Gasteiger partial charge in [0.15, 0.2) is 0 Å². The molecular weight excluding hydrogens is 288 g/mol. The molecule has 0 bridgehead atoms. The first-order valence-corrected chi connectivity index (χ1v) is 6.88. The molecule has 0 spiro atoms. The van der Waals surface area contributed by atoms with Crippen LogP contribution in [0.25, 0.3) is 0 Å². The minimum Gasteiger partial charge on any atom is -0.396 e. The van der Waals surface area contributed by atoms with E-state index in [9.17, 15) is 0 Å². The van der Waals surface area contributed by atoms with Gasteiger partial charge < -0.3 is 11.1 Å². The number of benzene rings is 2. The number of nitrogen functional groups attached to an aromatic ring is 1. The summed E-state index contributed by atoms with van der Waals surface area (Å²) in [6.45, 7) is 4.78. The van der Waals surface area contributed by atoms with Gasteiger partial charge in [0, 0.05) is 11.0 Å². The van der Waals surface area contributed by atoms with E-state index in [0.717, 1.165) is 22.4 Å². The third kappa shape index (κ3) is 4.08. The normalized spacial score (nSPS) is 9.28. The Kier molecular flexibility index (Phi) is 6.29. The van der Waals surface area contributed by atoms with Crippen molar-refractivity contribution in [2.24, 2.45) is 0 Å². The van der Waals surface area contributed by atoms with Crippen LogP contribution in [0.15, 0.2) is 53.0 Å². The predicted molar refractivity (Wildman–Crippen MR) is 83.7 cm³/mol. The monoisotopic (exact) mass is 306 g/mol. The molecule has 96 valence electrons. The molecule has 0 radical (unpaired) electrons. The van der Waals surface area contributed by atoms with Gasteiger partial charge in [-0.1, -0.05) is 50.2 Å². The maximum atomic E-state index is 5.94. The standard InChI is InChI=1S/C13H13BrN2.C2H6/c14-11-7-4-8-12(13(11)15)16-9-10-5-2-1-3-6-10;1-2/h1-8,16H,9,15H2;1-2H3. The average Bonchev–Trinajstić information content (AvgIpc) is 2.44. The summed E-state index contributed by atoms with van der Waals surface area (Å²) >= 11 is 3.41. The largest absolute Gasteiger partial charge is 0.396 e. The number of anilines is 2. The lowest BCUT2D eigenvalue weighted by atomic mass is 10.2. The summed E-state index contributed by atoms with van der Waals surface area (Å²) in [7, 11) is 0. The zero-order chi connectivity index (χ0) is 13.4. The summed E-state index contributed by atoms with van der Waals surface area (Å²) in [5.74, 6) is 0. The third-order valence-corrected chi connectivity index (χ3v) is 3.07. The first kappa shape index (κ1) is 14.6. The second kappa shape index (κ2) is 7.77. The molecule has 0 saturated heterocycles. The number of para-hydroxylation sites is 1. The molecular formula is C15H19BrN2. The van der Waals surface area contributed by atoms with Crippen LogP contribution < -0.4 is 11.1 Å². The van der Waals surface area contributed by atoms with E-state index in [1.54, 1.807) is 0 Å². The molecule has 0 amide bonds. The van der Waals surface area contributed by atoms with Gasteiger partial charge in [-0.25, -0.2) is 0 Å². The Morgan fingerprint density at radius 2 is 1.67 bits per heavy atom. The van der Waals surface area contributed by atoms with Crippen LogP contribution in [-0.4, -0.2) is 0 Å². The van der Waals surface area contributed by atoms with E-state index in [1.807, 2.05) is 50.2 Å². The molecule has 0 fully saturated rings. The molecule has 0 heterocycles. The second-order valence-corrected chi connectivity index (χ2v) is 4.39. The first-order valence-electron chi connectivity index (χ1n) is 6.09. The van der Waals surface area contributed by atoms with Crippen molar-refractivity contribution in [3.8, 4) is 0 Å². The Balaban J connectivity index is 0.000000771. The molecule has 2 aromatic carbocycles. The van der Waals surface area contributed by atoms with Gasteiger partial charge in [0.05, 0.1) is 11.4 Å². The van der Waals surface area contributed by atoms with Crippen LogP contribution in [0, 0.1) is 0 Å². The molecule has 3 N–H and O–H groups in total. The average molecular weight is 307 g/mol. The van der Waals surface area contributed by atoms with Gasteiger partial charge in [-0.05, 0) is 33.6 Å². The topological polar surface area (TPSA) is 38.0 Å². The van der Waals surface area contributed by atoms with Gasteiger partial charge >= 0.3 is 0 Å². The minimum atomic E-state index is 0.749. The van der Waals surface area contributed by atoms with Crippen molar-refractivity contribution in [2.45, 2.75) is 20.4 Å². The maximum Gasteiger partial charge on any atom is 0.0694 e. The SMILES string of the molecule is CC.Nc1c(Br)cccc1NCc1ccccc1. The Bertz CT molecular complexity index is 469. The van der Waals surface area contributed by atoms with Gasteiger partial charge in [-0.3, -0.25) is 0 Å². The molecule has 3 heteroatoms. The summed E-state index contributed by atoms with van der Waals surface area (Å²) in [5, 5.41) is 3.32.